The zero-order chi connectivity index (χ0) is 15.7. The topological polar surface area (TPSA) is 110 Å². The SMILES string of the molecule is O=C(O)N[C@@H]1CCC[C@H](n2ncc3c([N+](=O)[O-])cccc32)C1. The van der Waals surface area contributed by atoms with Crippen molar-refractivity contribution in [3.63, 3.8) is 0 Å². The zero-order valence-corrected chi connectivity index (χ0v) is 11.8. The third-order valence-corrected chi connectivity index (χ3v) is 4.13. The molecule has 2 N–H and O–H groups in total. The van der Waals surface area contributed by atoms with E-state index in [0.717, 1.165) is 24.8 Å². The molecule has 0 spiro atoms. The minimum atomic E-state index is -1.02. The van der Waals surface area contributed by atoms with E-state index in [-0.39, 0.29) is 17.8 Å². The molecule has 1 aromatic heterocycles. The summed E-state index contributed by atoms with van der Waals surface area (Å²) in [4.78, 5) is 21.4. The van der Waals surface area contributed by atoms with E-state index < -0.39 is 11.0 Å². The highest BCUT2D eigenvalue weighted by molar-refractivity contribution is 5.87. The summed E-state index contributed by atoms with van der Waals surface area (Å²) in [5.74, 6) is 0. The Kier molecular flexibility index (Phi) is 3.66. The van der Waals surface area contributed by atoms with Crippen LogP contribution in [0.5, 0.6) is 0 Å². The Balaban J connectivity index is 1.91. The molecule has 0 saturated heterocycles. The first-order valence-electron chi connectivity index (χ1n) is 7.16. The summed E-state index contributed by atoms with van der Waals surface area (Å²) in [7, 11) is 0. The number of hydrogen-bond donors (Lipinski definition) is 2. The average Bonchev–Trinajstić information content (AvgIpc) is 2.90. The number of benzene rings is 1. The van der Waals surface area contributed by atoms with Crippen molar-refractivity contribution < 1.29 is 14.8 Å². The highest BCUT2D eigenvalue weighted by Gasteiger charge is 2.27. The lowest BCUT2D eigenvalue weighted by molar-refractivity contribution is -0.383. The molecule has 3 rings (SSSR count). The Morgan fingerprint density at radius 2 is 2.27 bits per heavy atom. The summed E-state index contributed by atoms with van der Waals surface area (Å²) in [5, 5.41) is 27.3. The van der Waals surface area contributed by atoms with Crippen LogP contribution in [0.2, 0.25) is 0 Å². The lowest BCUT2D eigenvalue weighted by atomic mass is 9.91. The Bertz CT molecular complexity index is 727. The molecule has 2 atom stereocenters. The van der Waals surface area contributed by atoms with Crippen molar-refractivity contribution in [1.29, 1.82) is 0 Å². The van der Waals surface area contributed by atoms with Crippen LogP contribution < -0.4 is 5.32 Å². The third-order valence-electron chi connectivity index (χ3n) is 4.13. The van der Waals surface area contributed by atoms with Crippen LogP contribution in [0, 0.1) is 10.1 Å². The number of carboxylic acid groups (broad SMARTS) is 1. The van der Waals surface area contributed by atoms with Gasteiger partial charge in [-0.15, -0.1) is 0 Å². The molecule has 0 aliphatic heterocycles. The highest BCUT2D eigenvalue weighted by atomic mass is 16.6. The number of fused-ring (bicyclic) bond motifs is 1. The number of hydrogen-bond acceptors (Lipinski definition) is 4. The predicted octanol–water partition coefficient (Wildman–Crippen LogP) is 2.70. The molecule has 1 saturated carbocycles. The van der Waals surface area contributed by atoms with Gasteiger partial charge in [-0.05, 0) is 31.7 Å². The van der Waals surface area contributed by atoms with Crippen LogP contribution in [0.3, 0.4) is 0 Å². The van der Waals surface area contributed by atoms with Crippen LogP contribution in [0.4, 0.5) is 10.5 Å². The fourth-order valence-electron chi connectivity index (χ4n) is 3.20. The number of nitro groups is 1. The molecule has 8 nitrogen and oxygen atoms in total. The molecule has 1 aliphatic carbocycles. The Morgan fingerprint density at radius 3 is 3.00 bits per heavy atom. The van der Waals surface area contributed by atoms with Crippen molar-refractivity contribution in [3.05, 3.63) is 34.5 Å². The van der Waals surface area contributed by atoms with Crippen LogP contribution in [-0.4, -0.2) is 31.9 Å². The van der Waals surface area contributed by atoms with Crippen molar-refractivity contribution >= 4 is 22.7 Å². The lowest BCUT2D eigenvalue weighted by Crippen LogP contribution is -2.38. The van der Waals surface area contributed by atoms with Gasteiger partial charge in [0.05, 0.1) is 28.1 Å². The Hall–Kier alpha value is -2.64. The first kappa shape index (κ1) is 14.3. The maximum atomic E-state index is 11.1. The summed E-state index contributed by atoms with van der Waals surface area (Å²) in [6.07, 6.45) is 3.73. The predicted molar refractivity (Wildman–Crippen MR) is 78.8 cm³/mol. The number of nitrogens with one attached hydrogen (secondary N) is 1. The van der Waals surface area contributed by atoms with E-state index >= 15 is 0 Å². The molecule has 0 bridgehead atoms. The second kappa shape index (κ2) is 5.63. The largest absolute Gasteiger partial charge is 0.465 e. The number of carbonyl (C=O) groups is 1. The smallest absolute Gasteiger partial charge is 0.404 e. The van der Waals surface area contributed by atoms with Gasteiger partial charge in [-0.2, -0.15) is 5.10 Å². The molecule has 1 aliphatic rings. The number of amides is 1. The minimum Gasteiger partial charge on any atom is -0.465 e. The molecule has 1 amide bonds. The fourth-order valence-corrected chi connectivity index (χ4v) is 3.20. The second-order valence-electron chi connectivity index (χ2n) is 5.52. The van der Waals surface area contributed by atoms with Gasteiger partial charge in [-0.3, -0.25) is 14.8 Å². The van der Waals surface area contributed by atoms with Gasteiger partial charge in [0.25, 0.3) is 5.69 Å². The van der Waals surface area contributed by atoms with Gasteiger partial charge in [-0.25, -0.2) is 4.79 Å². The lowest BCUT2D eigenvalue weighted by Gasteiger charge is -2.29. The summed E-state index contributed by atoms with van der Waals surface area (Å²) >= 11 is 0. The van der Waals surface area contributed by atoms with Crippen molar-refractivity contribution in [2.45, 2.75) is 37.8 Å². The van der Waals surface area contributed by atoms with E-state index in [4.69, 9.17) is 5.11 Å². The van der Waals surface area contributed by atoms with Crippen molar-refractivity contribution in [2.24, 2.45) is 0 Å². The molecular weight excluding hydrogens is 288 g/mol. The summed E-state index contributed by atoms with van der Waals surface area (Å²) in [5.41, 5.74) is 0.759. The van der Waals surface area contributed by atoms with E-state index in [1.165, 1.54) is 12.3 Å². The Labute approximate surface area is 125 Å². The van der Waals surface area contributed by atoms with Crippen LogP contribution in [0.1, 0.15) is 31.7 Å². The molecule has 0 unspecified atom stereocenters. The van der Waals surface area contributed by atoms with Crippen LogP contribution in [-0.2, 0) is 0 Å². The summed E-state index contributed by atoms with van der Waals surface area (Å²) in [6.45, 7) is 0. The number of nitrogens with zero attached hydrogens (tertiary/aromatic N) is 3. The van der Waals surface area contributed by atoms with Gasteiger partial charge in [0, 0.05) is 12.1 Å². The molecule has 0 radical (unpaired) electrons. The third kappa shape index (κ3) is 2.59. The monoisotopic (exact) mass is 304 g/mol. The summed E-state index contributed by atoms with van der Waals surface area (Å²) in [6, 6.07) is 4.86. The normalized spacial score (nSPS) is 21.6. The summed E-state index contributed by atoms with van der Waals surface area (Å²) < 4.78 is 1.79. The van der Waals surface area contributed by atoms with E-state index in [1.54, 1.807) is 10.7 Å². The number of rotatable bonds is 3. The van der Waals surface area contributed by atoms with Crippen molar-refractivity contribution in [3.8, 4) is 0 Å². The van der Waals surface area contributed by atoms with E-state index in [9.17, 15) is 14.9 Å². The van der Waals surface area contributed by atoms with Gasteiger partial charge in [0.2, 0.25) is 0 Å². The van der Waals surface area contributed by atoms with Crippen LogP contribution >= 0.6 is 0 Å². The molecule has 116 valence electrons. The highest BCUT2D eigenvalue weighted by Crippen LogP contribution is 2.33. The van der Waals surface area contributed by atoms with Gasteiger partial charge in [0.15, 0.2) is 0 Å². The molecule has 1 aromatic carbocycles. The fraction of sp³-hybridized carbons (Fsp3) is 0.429. The van der Waals surface area contributed by atoms with E-state index in [0.29, 0.717) is 11.8 Å². The standard InChI is InChI=1S/C14H16N4O4/c19-14(20)16-9-3-1-4-10(7-9)17-12-5-2-6-13(18(21)22)11(12)8-15-17/h2,5-6,8-10,16H,1,3-4,7H2,(H,19,20)/t9-,10+/m1/s1. The Morgan fingerprint density at radius 1 is 1.45 bits per heavy atom. The van der Waals surface area contributed by atoms with Gasteiger partial charge >= 0.3 is 6.09 Å². The van der Waals surface area contributed by atoms with Crippen LogP contribution in [0.15, 0.2) is 24.4 Å². The van der Waals surface area contributed by atoms with Gasteiger partial charge in [0.1, 0.15) is 0 Å². The molecule has 1 fully saturated rings. The molecule has 8 heteroatoms. The van der Waals surface area contributed by atoms with E-state index in [1.807, 2.05) is 6.07 Å². The zero-order valence-electron chi connectivity index (χ0n) is 11.8. The number of nitro benzene ring substituents is 1. The minimum absolute atomic E-state index is 0.0415. The number of aromatic nitrogens is 2. The van der Waals surface area contributed by atoms with Gasteiger partial charge < -0.3 is 10.4 Å². The second-order valence-corrected chi connectivity index (χ2v) is 5.52. The van der Waals surface area contributed by atoms with E-state index in [2.05, 4.69) is 10.4 Å². The van der Waals surface area contributed by atoms with Crippen molar-refractivity contribution in [1.82, 2.24) is 15.1 Å². The maximum absolute atomic E-state index is 11.1. The molecule has 2 aromatic rings. The maximum Gasteiger partial charge on any atom is 0.404 e. The molecule has 22 heavy (non-hydrogen) atoms. The average molecular weight is 304 g/mol. The molecule has 1 heterocycles. The molecular formula is C14H16N4O4. The first-order chi connectivity index (χ1) is 10.6. The first-order valence-corrected chi connectivity index (χ1v) is 7.16. The van der Waals surface area contributed by atoms with Gasteiger partial charge in [-0.1, -0.05) is 6.07 Å². The quantitative estimate of drug-likeness (QED) is 0.669. The van der Waals surface area contributed by atoms with Crippen LogP contribution in [0.25, 0.3) is 10.9 Å². The number of non-ortho nitro benzene ring substituents is 1. The van der Waals surface area contributed by atoms with Crippen molar-refractivity contribution in [2.75, 3.05) is 0 Å².